The molecule has 20 heavy (non-hydrogen) atoms. The number of benzene rings is 1. The summed E-state index contributed by atoms with van der Waals surface area (Å²) >= 11 is 1.39. The summed E-state index contributed by atoms with van der Waals surface area (Å²) in [7, 11) is 1.49. The Kier molecular flexibility index (Phi) is 4.43. The fourth-order valence-corrected chi connectivity index (χ4v) is 2.07. The van der Waals surface area contributed by atoms with Gasteiger partial charge in [-0.25, -0.2) is 4.98 Å². The Morgan fingerprint density at radius 1 is 1.35 bits per heavy atom. The van der Waals surface area contributed by atoms with E-state index in [0.29, 0.717) is 16.5 Å². The molecule has 0 aliphatic rings. The van der Waals surface area contributed by atoms with Gasteiger partial charge in [-0.05, 0) is 30.9 Å². The number of nitrogens with one attached hydrogen (secondary N) is 1. The van der Waals surface area contributed by atoms with Crippen molar-refractivity contribution in [3.8, 4) is 11.9 Å². The van der Waals surface area contributed by atoms with E-state index >= 15 is 0 Å². The van der Waals surface area contributed by atoms with Crippen LogP contribution in [0.5, 0.6) is 5.88 Å². The minimum absolute atomic E-state index is 0.280. The maximum absolute atomic E-state index is 9.27. The summed E-state index contributed by atoms with van der Waals surface area (Å²) in [5.41, 5.74) is 2.29. The van der Waals surface area contributed by atoms with Gasteiger partial charge in [0.05, 0.1) is 7.11 Å². The first-order valence-corrected chi connectivity index (χ1v) is 7.14. The number of ether oxygens (including phenoxy) is 1. The van der Waals surface area contributed by atoms with Gasteiger partial charge in [0.15, 0.2) is 16.5 Å². The van der Waals surface area contributed by atoms with Crippen molar-refractivity contribution < 1.29 is 4.74 Å². The number of aromatic nitrogens is 2. The molecule has 0 amide bonds. The summed E-state index contributed by atoms with van der Waals surface area (Å²) in [6.07, 6.45) is 1.87. The van der Waals surface area contributed by atoms with Gasteiger partial charge in [-0.3, -0.25) is 0 Å². The van der Waals surface area contributed by atoms with Crippen LogP contribution in [0.2, 0.25) is 0 Å². The van der Waals surface area contributed by atoms with Crippen LogP contribution in [0.4, 0.5) is 11.5 Å². The molecule has 1 aromatic heterocycles. The van der Waals surface area contributed by atoms with E-state index in [-0.39, 0.29) is 5.88 Å². The zero-order valence-corrected chi connectivity index (χ0v) is 12.3. The lowest BCUT2D eigenvalue weighted by molar-refractivity contribution is 0.391. The molecule has 0 spiro atoms. The number of nitrogens with zero attached hydrogens (tertiary/aromatic N) is 3. The van der Waals surface area contributed by atoms with Crippen molar-refractivity contribution in [2.75, 3.05) is 18.7 Å². The van der Waals surface area contributed by atoms with E-state index < -0.39 is 0 Å². The summed E-state index contributed by atoms with van der Waals surface area (Å²) < 4.78 is 5.15. The van der Waals surface area contributed by atoms with E-state index in [1.807, 2.05) is 37.4 Å². The van der Waals surface area contributed by atoms with E-state index in [1.54, 1.807) is 0 Å². The summed E-state index contributed by atoms with van der Waals surface area (Å²) in [5.74, 6) is 0.733. The minimum Gasteiger partial charge on any atom is -0.480 e. The third-order valence-corrected chi connectivity index (χ3v) is 3.17. The minimum atomic E-state index is 0.280. The lowest BCUT2D eigenvalue weighted by atomic mass is 10.2. The molecule has 1 aromatic carbocycles. The highest BCUT2D eigenvalue weighted by atomic mass is 32.2. The van der Waals surface area contributed by atoms with Gasteiger partial charge in [0.2, 0.25) is 5.88 Å². The number of hydrogen-bond donors (Lipinski definition) is 1. The fraction of sp³-hybridized carbons (Fsp3) is 0.214. The van der Waals surface area contributed by atoms with Gasteiger partial charge in [-0.1, -0.05) is 23.9 Å². The average Bonchev–Trinajstić information content (AvgIpc) is 2.46. The van der Waals surface area contributed by atoms with Crippen LogP contribution in [0.1, 0.15) is 11.1 Å². The third-order valence-electron chi connectivity index (χ3n) is 2.62. The Labute approximate surface area is 122 Å². The molecule has 1 heterocycles. The number of hydrogen-bond acceptors (Lipinski definition) is 6. The zero-order valence-electron chi connectivity index (χ0n) is 11.5. The predicted octanol–water partition coefficient (Wildman–Crippen LogP) is 3.13. The van der Waals surface area contributed by atoms with Crippen LogP contribution in [-0.2, 0) is 0 Å². The molecule has 1 N–H and O–H groups in total. The monoisotopic (exact) mass is 286 g/mol. The highest BCUT2D eigenvalue weighted by Gasteiger charge is 2.15. The van der Waals surface area contributed by atoms with Crippen molar-refractivity contribution >= 4 is 23.3 Å². The van der Waals surface area contributed by atoms with Crippen molar-refractivity contribution in [2.45, 2.75) is 12.1 Å². The van der Waals surface area contributed by atoms with Crippen LogP contribution in [0.3, 0.4) is 0 Å². The molecule has 0 saturated carbocycles. The number of aryl methyl sites for hydroxylation is 1. The zero-order chi connectivity index (χ0) is 14.5. The smallest absolute Gasteiger partial charge is 0.237 e. The van der Waals surface area contributed by atoms with E-state index in [2.05, 4.69) is 21.4 Å². The van der Waals surface area contributed by atoms with Gasteiger partial charge in [0.25, 0.3) is 0 Å². The standard InChI is InChI=1S/C14H14N4OS/c1-9-5-4-6-10(7-9)16-12-11(8-15)13(19-2)18-14(17-12)20-3/h4-7H,1-3H3,(H,16,17,18). The molecular weight excluding hydrogens is 272 g/mol. The Balaban J connectivity index is 2.47. The lowest BCUT2D eigenvalue weighted by Crippen LogP contribution is -2.03. The predicted molar refractivity (Wildman–Crippen MR) is 79.5 cm³/mol. The molecule has 0 bridgehead atoms. The van der Waals surface area contributed by atoms with Crippen LogP contribution in [0, 0.1) is 18.3 Å². The first-order valence-electron chi connectivity index (χ1n) is 5.91. The molecule has 0 fully saturated rings. The van der Waals surface area contributed by atoms with Crippen molar-refractivity contribution in [2.24, 2.45) is 0 Å². The molecule has 6 heteroatoms. The topological polar surface area (TPSA) is 70.8 Å². The fourth-order valence-electron chi connectivity index (χ4n) is 1.71. The Hall–Kier alpha value is -2.26. The first kappa shape index (κ1) is 14.2. The van der Waals surface area contributed by atoms with Gasteiger partial charge in [-0.15, -0.1) is 0 Å². The van der Waals surface area contributed by atoms with Crippen molar-refractivity contribution in [3.63, 3.8) is 0 Å². The Bertz CT molecular complexity index is 667. The molecule has 0 aliphatic heterocycles. The van der Waals surface area contributed by atoms with Gasteiger partial charge >= 0.3 is 0 Å². The summed E-state index contributed by atoms with van der Waals surface area (Å²) in [6, 6.07) is 9.92. The van der Waals surface area contributed by atoms with Crippen LogP contribution in [0.25, 0.3) is 0 Å². The molecule has 2 aromatic rings. The van der Waals surface area contributed by atoms with Gasteiger partial charge < -0.3 is 10.1 Å². The average molecular weight is 286 g/mol. The summed E-state index contributed by atoms with van der Waals surface area (Å²) in [5, 5.41) is 13.0. The third kappa shape index (κ3) is 3.00. The normalized spacial score (nSPS) is 9.90. The molecule has 0 atom stereocenters. The number of anilines is 2. The number of methoxy groups -OCH3 is 1. The van der Waals surface area contributed by atoms with Crippen molar-refractivity contribution in [1.82, 2.24) is 9.97 Å². The van der Waals surface area contributed by atoms with Crippen molar-refractivity contribution in [3.05, 3.63) is 35.4 Å². The molecule has 5 nitrogen and oxygen atoms in total. The van der Waals surface area contributed by atoms with Crippen LogP contribution < -0.4 is 10.1 Å². The Morgan fingerprint density at radius 2 is 2.15 bits per heavy atom. The second-order valence-corrected chi connectivity index (χ2v) is 4.82. The molecule has 0 saturated heterocycles. The van der Waals surface area contributed by atoms with Crippen LogP contribution in [0.15, 0.2) is 29.4 Å². The SMILES string of the molecule is COc1nc(SC)nc(Nc2cccc(C)c2)c1C#N. The van der Waals surface area contributed by atoms with Crippen LogP contribution in [-0.4, -0.2) is 23.3 Å². The van der Waals surface area contributed by atoms with Gasteiger partial charge in [0.1, 0.15) is 6.07 Å². The van der Waals surface area contributed by atoms with Gasteiger partial charge in [-0.2, -0.15) is 10.2 Å². The highest BCUT2D eigenvalue weighted by molar-refractivity contribution is 7.98. The molecule has 0 aliphatic carbocycles. The van der Waals surface area contributed by atoms with Gasteiger partial charge in [0, 0.05) is 5.69 Å². The van der Waals surface area contributed by atoms with E-state index in [1.165, 1.54) is 18.9 Å². The number of thioether (sulfide) groups is 1. The lowest BCUT2D eigenvalue weighted by Gasteiger charge is -2.11. The summed E-state index contributed by atoms with van der Waals surface area (Å²) in [4.78, 5) is 8.50. The number of rotatable bonds is 4. The van der Waals surface area contributed by atoms with E-state index in [4.69, 9.17) is 4.74 Å². The maximum Gasteiger partial charge on any atom is 0.237 e. The molecule has 2 rings (SSSR count). The molecule has 0 radical (unpaired) electrons. The highest BCUT2D eigenvalue weighted by Crippen LogP contribution is 2.27. The first-order chi connectivity index (χ1) is 9.67. The Morgan fingerprint density at radius 3 is 2.75 bits per heavy atom. The molecule has 102 valence electrons. The largest absolute Gasteiger partial charge is 0.480 e. The summed E-state index contributed by atoms with van der Waals surface area (Å²) in [6.45, 7) is 2.00. The van der Waals surface area contributed by atoms with Crippen molar-refractivity contribution in [1.29, 1.82) is 5.26 Å². The second kappa shape index (κ2) is 6.26. The van der Waals surface area contributed by atoms with E-state index in [9.17, 15) is 5.26 Å². The van der Waals surface area contributed by atoms with Crippen LogP contribution >= 0.6 is 11.8 Å². The van der Waals surface area contributed by atoms with E-state index in [0.717, 1.165) is 11.3 Å². The molecular formula is C14H14N4OS. The quantitative estimate of drug-likeness (QED) is 0.687. The maximum atomic E-state index is 9.27. The number of nitriles is 1. The second-order valence-electron chi connectivity index (χ2n) is 4.05. The molecule has 0 unspecified atom stereocenters.